The molecule has 6 atom stereocenters. The maximum atomic E-state index is 12.5. The molecule has 4 aliphatic rings. The van der Waals surface area contributed by atoms with Crippen molar-refractivity contribution in [2.24, 2.45) is 23.7 Å². The summed E-state index contributed by atoms with van der Waals surface area (Å²) in [7, 11) is 0. The third kappa shape index (κ3) is 3.78. The van der Waals surface area contributed by atoms with Crippen LogP contribution in [0.25, 0.3) is 0 Å². The summed E-state index contributed by atoms with van der Waals surface area (Å²) in [6.45, 7) is 4.22. The Balaban J connectivity index is 1.12. The van der Waals surface area contributed by atoms with Gasteiger partial charge >= 0.3 is 11.9 Å². The highest BCUT2D eigenvalue weighted by Crippen LogP contribution is 2.53. The summed E-state index contributed by atoms with van der Waals surface area (Å²) in [6, 6.07) is 7.75. The molecule has 30 heavy (non-hydrogen) atoms. The number of esters is 2. The molecule has 0 N–H and O–H groups in total. The number of carbonyl (C=O) groups excluding carboxylic acids is 2. The predicted octanol–water partition coefficient (Wildman–Crippen LogP) is 5.02. The van der Waals surface area contributed by atoms with Gasteiger partial charge in [-0.2, -0.15) is 0 Å². The lowest BCUT2D eigenvalue weighted by Gasteiger charge is -2.33. The molecule has 0 amide bonds. The minimum absolute atomic E-state index is 0.138. The van der Waals surface area contributed by atoms with Crippen molar-refractivity contribution in [3.63, 3.8) is 0 Å². The van der Waals surface area contributed by atoms with E-state index in [0.29, 0.717) is 24.7 Å². The van der Waals surface area contributed by atoms with Crippen LogP contribution < -0.4 is 0 Å². The van der Waals surface area contributed by atoms with Gasteiger partial charge in [0.25, 0.3) is 0 Å². The normalized spacial score (nSPS) is 38.7. The van der Waals surface area contributed by atoms with Crippen molar-refractivity contribution in [1.29, 1.82) is 0 Å². The molecule has 0 unspecified atom stereocenters. The maximum absolute atomic E-state index is 12.5. The van der Waals surface area contributed by atoms with Gasteiger partial charge in [-0.1, -0.05) is 24.3 Å². The Kier molecular flexibility index (Phi) is 4.95. The summed E-state index contributed by atoms with van der Waals surface area (Å²) in [5.74, 6) is 2.29. The molecule has 162 valence electrons. The van der Waals surface area contributed by atoms with Gasteiger partial charge in [-0.05, 0) is 100 Å². The van der Waals surface area contributed by atoms with Crippen LogP contribution in [-0.2, 0) is 31.9 Å². The Hall–Kier alpha value is -1.84. The van der Waals surface area contributed by atoms with Crippen LogP contribution in [0.3, 0.4) is 0 Å². The maximum Gasteiger partial charge on any atom is 0.310 e. The average Bonchev–Trinajstić information content (AvgIpc) is 3.43. The lowest BCUT2D eigenvalue weighted by Crippen LogP contribution is -2.37. The quantitative estimate of drug-likeness (QED) is 0.618. The molecule has 4 bridgehead atoms. The third-order valence-electron chi connectivity index (χ3n) is 8.61. The van der Waals surface area contributed by atoms with E-state index in [0.717, 1.165) is 35.8 Å². The molecule has 4 saturated carbocycles. The van der Waals surface area contributed by atoms with Gasteiger partial charge in [0.05, 0.1) is 12.8 Å². The van der Waals surface area contributed by atoms with E-state index in [4.69, 9.17) is 9.47 Å². The Labute approximate surface area is 179 Å². The molecule has 0 radical (unpaired) electrons. The SMILES string of the molecule is C[C@@]1(OC(=O)Cc2ccc(CC(=O)O[C@]3(C)C[C@H]4CC[C@@H]3C4)cc2)C[C@H]2CC[C@@H]1C2. The van der Waals surface area contributed by atoms with E-state index in [-0.39, 0.29) is 23.1 Å². The number of hydrogen-bond donors (Lipinski definition) is 0. The second kappa shape index (κ2) is 7.39. The van der Waals surface area contributed by atoms with Crippen molar-refractivity contribution in [2.45, 2.75) is 89.3 Å². The van der Waals surface area contributed by atoms with Crippen molar-refractivity contribution < 1.29 is 19.1 Å². The number of hydrogen-bond acceptors (Lipinski definition) is 4. The Morgan fingerprint density at radius 3 is 1.47 bits per heavy atom. The molecule has 4 aliphatic carbocycles. The lowest BCUT2D eigenvalue weighted by atomic mass is 9.85. The van der Waals surface area contributed by atoms with Crippen LogP contribution >= 0.6 is 0 Å². The summed E-state index contributed by atoms with van der Waals surface area (Å²) >= 11 is 0. The molecule has 0 aliphatic heterocycles. The van der Waals surface area contributed by atoms with Crippen molar-refractivity contribution >= 4 is 11.9 Å². The number of ether oxygens (including phenoxy) is 2. The summed E-state index contributed by atoms with van der Waals surface area (Å²) in [4.78, 5) is 25.0. The van der Waals surface area contributed by atoms with Gasteiger partial charge in [-0.25, -0.2) is 0 Å². The van der Waals surface area contributed by atoms with Crippen LogP contribution in [0.5, 0.6) is 0 Å². The monoisotopic (exact) mass is 410 g/mol. The molecular formula is C26H34O4. The van der Waals surface area contributed by atoms with Gasteiger partial charge in [0, 0.05) is 0 Å². The van der Waals surface area contributed by atoms with Gasteiger partial charge in [0.15, 0.2) is 0 Å². The zero-order valence-corrected chi connectivity index (χ0v) is 18.3. The first-order valence-electron chi connectivity index (χ1n) is 11.8. The van der Waals surface area contributed by atoms with Crippen LogP contribution in [0.15, 0.2) is 24.3 Å². The van der Waals surface area contributed by atoms with Crippen LogP contribution in [-0.4, -0.2) is 23.1 Å². The molecule has 4 heteroatoms. The number of benzene rings is 1. The molecule has 0 saturated heterocycles. The molecule has 0 heterocycles. The van der Waals surface area contributed by atoms with E-state index in [2.05, 4.69) is 13.8 Å². The summed E-state index contributed by atoms with van der Waals surface area (Å²) in [5.41, 5.74) is 1.34. The standard InChI is InChI=1S/C26H34O4/c1-25(15-19-7-9-21(25)11-19)29-23(27)13-17-3-5-18(6-4-17)14-24(28)30-26(2)16-20-8-10-22(26)12-20/h3-6,19-22H,7-16H2,1-2H3/t19-,20-,21+,22+,25+,26+/m0/s1. The fraction of sp³-hybridized carbons (Fsp3) is 0.692. The first-order valence-corrected chi connectivity index (χ1v) is 11.8. The third-order valence-corrected chi connectivity index (χ3v) is 8.61. The average molecular weight is 411 g/mol. The van der Waals surface area contributed by atoms with Gasteiger partial charge < -0.3 is 9.47 Å². The number of carbonyl (C=O) groups is 2. The van der Waals surface area contributed by atoms with Gasteiger partial charge in [-0.3, -0.25) is 9.59 Å². The van der Waals surface area contributed by atoms with E-state index in [9.17, 15) is 9.59 Å². The highest BCUT2D eigenvalue weighted by molar-refractivity contribution is 5.74. The minimum Gasteiger partial charge on any atom is -0.459 e. The summed E-state index contributed by atoms with van der Waals surface area (Å²) in [6.07, 6.45) is 10.0. The first-order chi connectivity index (χ1) is 14.3. The Morgan fingerprint density at radius 2 is 1.17 bits per heavy atom. The lowest BCUT2D eigenvalue weighted by molar-refractivity contribution is -0.163. The number of rotatable bonds is 6. The highest BCUT2D eigenvalue weighted by atomic mass is 16.6. The first kappa shape index (κ1) is 20.1. The van der Waals surface area contributed by atoms with E-state index in [1.54, 1.807) is 0 Å². The van der Waals surface area contributed by atoms with Crippen LogP contribution in [0.1, 0.15) is 76.3 Å². The number of fused-ring (bicyclic) bond motifs is 4. The zero-order chi connectivity index (χ0) is 20.9. The van der Waals surface area contributed by atoms with Gasteiger partial charge in [0.1, 0.15) is 11.2 Å². The topological polar surface area (TPSA) is 52.6 Å². The summed E-state index contributed by atoms with van der Waals surface area (Å²) < 4.78 is 11.9. The van der Waals surface area contributed by atoms with Gasteiger partial charge in [0.2, 0.25) is 0 Å². The Morgan fingerprint density at radius 1 is 0.767 bits per heavy atom. The highest BCUT2D eigenvalue weighted by Gasteiger charge is 2.51. The molecule has 4 nitrogen and oxygen atoms in total. The van der Waals surface area contributed by atoms with E-state index in [1.165, 1.54) is 38.5 Å². The van der Waals surface area contributed by atoms with E-state index >= 15 is 0 Å². The van der Waals surface area contributed by atoms with E-state index in [1.807, 2.05) is 24.3 Å². The van der Waals surface area contributed by atoms with Crippen molar-refractivity contribution in [3.05, 3.63) is 35.4 Å². The fourth-order valence-corrected chi connectivity index (χ4v) is 7.06. The van der Waals surface area contributed by atoms with Crippen molar-refractivity contribution in [2.75, 3.05) is 0 Å². The smallest absolute Gasteiger partial charge is 0.310 e. The van der Waals surface area contributed by atoms with Crippen LogP contribution in [0.2, 0.25) is 0 Å². The predicted molar refractivity (Wildman–Crippen MR) is 114 cm³/mol. The second-order valence-corrected chi connectivity index (χ2v) is 10.9. The minimum atomic E-state index is -0.264. The van der Waals surface area contributed by atoms with Crippen LogP contribution in [0, 0.1) is 23.7 Å². The molecule has 5 rings (SSSR count). The molecular weight excluding hydrogens is 376 g/mol. The van der Waals surface area contributed by atoms with Gasteiger partial charge in [-0.15, -0.1) is 0 Å². The molecule has 0 spiro atoms. The largest absolute Gasteiger partial charge is 0.459 e. The molecule has 1 aromatic carbocycles. The van der Waals surface area contributed by atoms with Crippen molar-refractivity contribution in [3.8, 4) is 0 Å². The molecule has 4 fully saturated rings. The van der Waals surface area contributed by atoms with Crippen LogP contribution in [0.4, 0.5) is 0 Å². The molecule has 1 aromatic rings. The van der Waals surface area contributed by atoms with Crippen molar-refractivity contribution in [1.82, 2.24) is 0 Å². The summed E-state index contributed by atoms with van der Waals surface area (Å²) in [5, 5.41) is 0. The molecule has 0 aromatic heterocycles. The second-order valence-electron chi connectivity index (χ2n) is 10.9. The fourth-order valence-electron chi connectivity index (χ4n) is 7.06. The van der Waals surface area contributed by atoms with E-state index < -0.39 is 0 Å². The Bertz CT molecular complexity index is 761. The zero-order valence-electron chi connectivity index (χ0n) is 18.3.